The van der Waals surface area contributed by atoms with Crippen molar-refractivity contribution >= 4 is 28.4 Å². The van der Waals surface area contributed by atoms with E-state index in [9.17, 15) is 4.79 Å². The normalized spacial score (nSPS) is 11.6. The Morgan fingerprint density at radius 1 is 1.33 bits per heavy atom. The van der Waals surface area contributed by atoms with E-state index in [0.29, 0.717) is 23.0 Å². The number of fused-ring (bicyclic) bond motifs is 3. The van der Waals surface area contributed by atoms with Crippen LogP contribution < -0.4 is 5.56 Å². The SMILES string of the molecule is C=CCn1c(=O)c2ccccc2n2c(SC(C)C)nnc12. The first-order valence-electron chi connectivity index (χ1n) is 6.77. The van der Waals surface area contributed by atoms with Gasteiger partial charge in [-0.05, 0) is 12.1 Å². The molecule has 0 spiro atoms. The van der Waals surface area contributed by atoms with Crippen LogP contribution in [0, 0.1) is 0 Å². The van der Waals surface area contributed by atoms with Gasteiger partial charge in [0.15, 0.2) is 5.16 Å². The molecule has 5 nitrogen and oxygen atoms in total. The molecule has 0 unspecified atom stereocenters. The fourth-order valence-corrected chi connectivity index (χ4v) is 3.11. The van der Waals surface area contributed by atoms with Crippen molar-refractivity contribution in [2.24, 2.45) is 0 Å². The average molecular weight is 300 g/mol. The molecule has 0 radical (unpaired) electrons. The predicted molar refractivity (Wildman–Crippen MR) is 85.9 cm³/mol. The molecule has 108 valence electrons. The maximum absolute atomic E-state index is 12.6. The Bertz CT molecular complexity index is 878. The van der Waals surface area contributed by atoms with Crippen LogP contribution in [0.15, 0.2) is 46.9 Å². The van der Waals surface area contributed by atoms with Gasteiger partial charge in [0, 0.05) is 11.8 Å². The van der Waals surface area contributed by atoms with Gasteiger partial charge in [0.05, 0.1) is 10.9 Å². The molecule has 6 heteroatoms. The first-order chi connectivity index (χ1) is 10.1. The zero-order valence-electron chi connectivity index (χ0n) is 12.0. The Morgan fingerprint density at radius 3 is 2.81 bits per heavy atom. The van der Waals surface area contributed by atoms with Crippen LogP contribution in [-0.2, 0) is 6.54 Å². The van der Waals surface area contributed by atoms with Gasteiger partial charge in [-0.2, -0.15) is 0 Å². The van der Waals surface area contributed by atoms with E-state index in [4.69, 9.17) is 0 Å². The topological polar surface area (TPSA) is 52.2 Å². The van der Waals surface area contributed by atoms with Gasteiger partial charge in [0.25, 0.3) is 5.56 Å². The highest BCUT2D eigenvalue weighted by molar-refractivity contribution is 7.99. The van der Waals surface area contributed by atoms with Crippen molar-refractivity contribution in [3.8, 4) is 0 Å². The summed E-state index contributed by atoms with van der Waals surface area (Å²) in [6.45, 7) is 8.34. The number of benzene rings is 1. The van der Waals surface area contributed by atoms with Gasteiger partial charge < -0.3 is 0 Å². The molecule has 1 aromatic carbocycles. The zero-order valence-corrected chi connectivity index (χ0v) is 12.8. The second kappa shape index (κ2) is 5.37. The van der Waals surface area contributed by atoms with E-state index in [0.717, 1.165) is 10.7 Å². The second-order valence-electron chi connectivity index (χ2n) is 5.01. The van der Waals surface area contributed by atoms with E-state index in [-0.39, 0.29) is 5.56 Å². The highest BCUT2D eigenvalue weighted by atomic mass is 32.2. The van der Waals surface area contributed by atoms with Crippen molar-refractivity contribution in [3.05, 3.63) is 47.3 Å². The summed E-state index contributed by atoms with van der Waals surface area (Å²) in [5.41, 5.74) is 0.775. The van der Waals surface area contributed by atoms with Crippen molar-refractivity contribution in [2.45, 2.75) is 30.8 Å². The third-order valence-corrected chi connectivity index (χ3v) is 4.08. The third kappa shape index (κ3) is 2.25. The maximum atomic E-state index is 12.6. The molecule has 0 fully saturated rings. The summed E-state index contributed by atoms with van der Waals surface area (Å²) in [6, 6.07) is 7.55. The van der Waals surface area contributed by atoms with Crippen molar-refractivity contribution in [1.29, 1.82) is 0 Å². The number of thioether (sulfide) groups is 1. The standard InChI is InChI=1S/C15H16N4OS/c1-4-9-18-13(20)11-7-5-6-8-12(11)19-14(18)16-17-15(19)21-10(2)3/h4-8,10H,1,9H2,2-3H3. The van der Waals surface area contributed by atoms with E-state index in [1.165, 1.54) is 0 Å². The van der Waals surface area contributed by atoms with E-state index in [1.807, 2.05) is 28.7 Å². The molecule has 2 aromatic heterocycles. The highest BCUT2D eigenvalue weighted by Gasteiger charge is 2.16. The zero-order chi connectivity index (χ0) is 15.0. The Labute approximate surface area is 126 Å². The van der Waals surface area contributed by atoms with E-state index < -0.39 is 0 Å². The van der Waals surface area contributed by atoms with Crippen LogP contribution in [0.2, 0.25) is 0 Å². The number of para-hydroxylation sites is 1. The van der Waals surface area contributed by atoms with Crippen LogP contribution in [-0.4, -0.2) is 24.4 Å². The van der Waals surface area contributed by atoms with Crippen LogP contribution in [0.5, 0.6) is 0 Å². The van der Waals surface area contributed by atoms with E-state index >= 15 is 0 Å². The Hall–Kier alpha value is -2.08. The number of allylic oxidation sites excluding steroid dienone is 1. The summed E-state index contributed by atoms with van der Waals surface area (Å²) in [6.07, 6.45) is 1.69. The molecule has 3 aromatic rings. The number of hydrogen-bond acceptors (Lipinski definition) is 4. The molecule has 0 atom stereocenters. The van der Waals surface area contributed by atoms with Crippen molar-refractivity contribution in [1.82, 2.24) is 19.2 Å². The first-order valence-corrected chi connectivity index (χ1v) is 7.65. The molecular formula is C15H16N4OS. The van der Waals surface area contributed by atoms with Gasteiger partial charge in [-0.1, -0.05) is 43.8 Å². The number of rotatable bonds is 4. The van der Waals surface area contributed by atoms with Gasteiger partial charge in [-0.25, -0.2) is 0 Å². The summed E-state index contributed by atoms with van der Waals surface area (Å²) < 4.78 is 3.55. The third-order valence-electron chi connectivity index (χ3n) is 3.13. The molecule has 0 saturated carbocycles. The predicted octanol–water partition coefficient (Wildman–Crippen LogP) is 2.73. The minimum Gasteiger partial charge on any atom is -0.272 e. The second-order valence-corrected chi connectivity index (χ2v) is 6.55. The molecule has 0 aliphatic rings. The Morgan fingerprint density at radius 2 is 2.10 bits per heavy atom. The highest BCUT2D eigenvalue weighted by Crippen LogP contribution is 2.24. The summed E-state index contributed by atoms with van der Waals surface area (Å²) in [4.78, 5) is 12.6. The fraction of sp³-hybridized carbons (Fsp3) is 0.267. The number of aromatic nitrogens is 4. The molecule has 0 aliphatic carbocycles. The lowest BCUT2D eigenvalue weighted by molar-refractivity contribution is 0.783. The van der Waals surface area contributed by atoms with Crippen LogP contribution in [0.3, 0.4) is 0 Å². The molecule has 0 saturated heterocycles. The monoisotopic (exact) mass is 300 g/mol. The van der Waals surface area contributed by atoms with Crippen LogP contribution >= 0.6 is 11.8 Å². The summed E-state index contributed by atoms with van der Waals surface area (Å²) in [5, 5.41) is 10.3. The van der Waals surface area contributed by atoms with Crippen LogP contribution in [0.25, 0.3) is 16.7 Å². The largest absolute Gasteiger partial charge is 0.272 e. The lowest BCUT2D eigenvalue weighted by Crippen LogP contribution is -2.22. The van der Waals surface area contributed by atoms with Crippen LogP contribution in [0.4, 0.5) is 0 Å². The minimum atomic E-state index is -0.0634. The summed E-state index contributed by atoms with van der Waals surface area (Å²) in [5.74, 6) is 0.557. The van der Waals surface area contributed by atoms with Crippen molar-refractivity contribution in [2.75, 3.05) is 0 Å². The van der Waals surface area contributed by atoms with Gasteiger partial charge in [-0.3, -0.25) is 13.8 Å². The smallest absolute Gasteiger partial charge is 0.263 e. The first kappa shape index (κ1) is 13.9. The summed E-state index contributed by atoms with van der Waals surface area (Å²) >= 11 is 1.63. The minimum absolute atomic E-state index is 0.0634. The van der Waals surface area contributed by atoms with Gasteiger partial charge in [-0.15, -0.1) is 16.8 Å². The quantitative estimate of drug-likeness (QED) is 0.549. The van der Waals surface area contributed by atoms with Gasteiger partial charge in [0.2, 0.25) is 5.78 Å². The maximum Gasteiger partial charge on any atom is 0.263 e. The van der Waals surface area contributed by atoms with Gasteiger partial charge >= 0.3 is 0 Å². The van der Waals surface area contributed by atoms with E-state index in [1.54, 1.807) is 22.4 Å². The lowest BCUT2D eigenvalue weighted by atomic mass is 10.2. The molecule has 0 aliphatic heterocycles. The van der Waals surface area contributed by atoms with E-state index in [2.05, 4.69) is 30.6 Å². The summed E-state index contributed by atoms with van der Waals surface area (Å²) in [7, 11) is 0. The van der Waals surface area contributed by atoms with Crippen molar-refractivity contribution in [3.63, 3.8) is 0 Å². The Kier molecular flexibility index (Phi) is 3.55. The van der Waals surface area contributed by atoms with Crippen LogP contribution in [0.1, 0.15) is 13.8 Å². The molecule has 2 heterocycles. The molecule has 0 bridgehead atoms. The molecule has 3 rings (SSSR count). The van der Waals surface area contributed by atoms with Gasteiger partial charge in [0.1, 0.15) is 0 Å². The number of nitrogens with zero attached hydrogens (tertiary/aromatic N) is 4. The molecule has 0 N–H and O–H groups in total. The fourth-order valence-electron chi connectivity index (χ4n) is 2.31. The lowest BCUT2D eigenvalue weighted by Gasteiger charge is -2.10. The molecule has 0 amide bonds. The Balaban J connectivity index is 2.46. The molecular weight excluding hydrogens is 284 g/mol. The molecule has 21 heavy (non-hydrogen) atoms. The number of hydrogen-bond donors (Lipinski definition) is 0. The average Bonchev–Trinajstić information content (AvgIpc) is 2.86. The van der Waals surface area contributed by atoms with Crippen molar-refractivity contribution < 1.29 is 0 Å².